The standard InChI is InChI=1S/C16H16ClN2O6P/c17-26(24-11-9-13-1-5-15(6-2-13)18(20)21)25-12-10-14-3-7-16(8-4-14)19(22)23/h1-8H,9-12H2. The predicted octanol–water partition coefficient (Wildman–Crippen LogP) is 4.79. The molecule has 0 unspecified atom stereocenters. The molecule has 0 heterocycles. The van der Waals surface area contributed by atoms with Crippen molar-refractivity contribution in [2.75, 3.05) is 13.2 Å². The van der Waals surface area contributed by atoms with Crippen LogP contribution in [0.2, 0.25) is 0 Å². The van der Waals surface area contributed by atoms with Crippen LogP contribution < -0.4 is 0 Å². The van der Waals surface area contributed by atoms with Crippen molar-refractivity contribution in [2.45, 2.75) is 12.8 Å². The Labute approximate surface area is 155 Å². The summed E-state index contributed by atoms with van der Waals surface area (Å²) >= 11 is 5.99. The number of hydrogen-bond acceptors (Lipinski definition) is 6. The molecule has 0 radical (unpaired) electrons. The highest BCUT2D eigenvalue weighted by Crippen LogP contribution is 2.43. The fourth-order valence-electron chi connectivity index (χ4n) is 2.08. The first-order chi connectivity index (χ1) is 12.5. The lowest BCUT2D eigenvalue weighted by atomic mass is 10.1. The second kappa shape index (κ2) is 10.1. The Morgan fingerprint density at radius 1 is 0.769 bits per heavy atom. The zero-order valence-electron chi connectivity index (χ0n) is 13.6. The summed E-state index contributed by atoms with van der Waals surface area (Å²) in [4.78, 5) is 20.3. The van der Waals surface area contributed by atoms with Gasteiger partial charge in [-0.1, -0.05) is 24.3 Å². The Hall–Kier alpha value is -2.12. The van der Waals surface area contributed by atoms with Gasteiger partial charge in [-0.15, -0.1) is 0 Å². The Morgan fingerprint density at radius 2 is 1.12 bits per heavy atom. The highest BCUT2D eigenvalue weighted by atomic mass is 35.7. The highest BCUT2D eigenvalue weighted by Gasteiger charge is 2.09. The van der Waals surface area contributed by atoms with E-state index in [-0.39, 0.29) is 11.4 Å². The van der Waals surface area contributed by atoms with E-state index in [1.165, 1.54) is 24.3 Å². The Balaban J connectivity index is 1.64. The smallest absolute Gasteiger partial charge is 0.276 e. The summed E-state index contributed by atoms with van der Waals surface area (Å²) in [5.74, 6) is 0. The van der Waals surface area contributed by atoms with Crippen LogP contribution in [0.1, 0.15) is 11.1 Å². The Morgan fingerprint density at radius 3 is 1.42 bits per heavy atom. The number of non-ortho nitro benzene ring substituents is 2. The van der Waals surface area contributed by atoms with Crippen LogP contribution in [0.15, 0.2) is 48.5 Å². The first-order valence-electron chi connectivity index (χ1n) is 7.64. The molecule has 0 atom stereocenters. The van der Waals surface area contributed by atoms with Crippen molar-refractivity contribution in [2.24, 2.45) is 0 Å². The van der Waals surface area contributed by atoms with Gasteiger partial charge in [-0.2, -0.15) is 0 Å². The van der Waals surface area contributed by atoms with Crippen LogP contribution in [-0.4, -0.2) is 23.1 Å². The van der Waals surface area contributed by atoms with E-state index in [4.69, 9.17) is 20.3 Å². The van der Waals surface area contributed by atoms with E-state index in [1.807, 2.05) is 0 Å². The number of nitro groups is 2. The van der Waals surface area contributed by atoms with Gasteiger partial charge < -0.3 is 9.05 Å². The number of hydrogen-bond donors (Lipinski definition) is 0. The molecule has 0 saturated carbocycles. The summed E-state index contributed by atoms with van der Waals surface area (Å²) in [6.07, 6.45) is 1.13. The monoisotopic (exact) mass is 398 g/mol. The van der Waals surface area contributed by atoms with E-state index < -0.39 is 17.6 Å². The molecule has 0 aromatic heterocycles. The maximum Gasteiger partial charge on any atom is 0.276 e. The molecule has 138 valence electrons. The van der Waals surface area contributed by atoms with Crippen molar-refractivity contribution in [1.82, 2.24) is 0 Å². The third-order valence-corrected chi connectivity index (χ3v) is 4.82. The second-order valence-corrected chi connectivity index (χ2v) is 7.00. The number of halogens is 1. The summed E-state index contributed by atoms with van der Waals surface area (Å²) < 4.78 is 10.8. The summed E-state index contributed by atoms with van der Waals surface area (Å²) in [6.45, 7) is 0.676. The zero-order valence-corrected chi connectivity index (χ0v) is 15.3. The Bertz CT molecular complexity index is 678. The molecule has 2 aromatic rings. The van der Waals surface area contributed by atoms with Crippen LogP contribution in [0, 0.1) is 20.2 Å². The maximum absolute atomic E-state index is 10.6. The lowest BCUT2D eigenvalue weighted by molar-refractivity contribution is -0.385. The van der Waals surface area contributed by atoms with Gasteiger partial charge in [-0.05, 0) is 35.2 Å². The van der Waals surface area contributed by atoms with Crippen molar-refractivity contribution < 1.29 is 18.9 Å². The lowest BCUT2D eigenvalue weighted by Gasteiger charge is -2.10. The molecule has 0 aliphatic carbocycles. The third-order valence-electron chi connectivity index (χ3n) is 3.46. The molecule has 10 heteroatoms. The Kier molecular flexibility index (Phi) is 7.87. The summed E-state index contributed by atoms with van der Waals surface area (Å²) in [6, 6.07) is 12.5. The van der Waals surface area contributed by atoms with Gasteiger partial charge in [0.25, 0.3) is 19.1 Å². The van der Waals surface area contributed by atoms with Crippen LogP contribution in [0.4, 0.5) is 11.4 Å². The van der Waals surface area contributed by atoms with Crippen LogP contribution in [0.5, 0.6) is 0 Å². The number of benzene rings is 2. The van der Waals surface area contributed by atoms with Gasteiger partial charge in [0.2, 0.25) is 0 Å². The molecule has 0 amide bonds. The van der Waals surface area contributed by atoms with Crippen LogP contribution in [-0.2, 0) is 21.9 Å². The largest absolute Gasteiger partial charge is 0.322 e. The van der Waals surface area contributed by atoms with Gasteiger partial charge in [-0.3, -0.25) is 20.2 Å². The molecular weight excluding hydrogens is 383 g/mol. The third kappa shape index (κ3) is 6.65. The molecule has 0 bridgehead atoms. The van der Waals surface area contributed by atoms with Crippen LogP contribution in [0.3, 0.4) is 0 Å². The van der Waals surface area contributed by atoms with Crippen molar-refractivity contribution in [3.63, 3.8) is 0 Å². The normalized spacial score (nSPS) is 10.8. The second-order valence-electron chi connectivity index (χ2n) is 5.23. The van der Waals surface area contributed by atoms with Crippen LogP contribution in [0.25, 0.3) is 0 Å². The molecule has 0 fully saturated rings. The van der Waals surface area contributed by atoms with Crippen molar-refractivity contribution in [3.05, 3.63) is 79.9 Å². The number of nitro benzene ring substituents is 2. The van der Waals surface area contributed by atoms with E-state index in [0.29, 0.717) is 26.1 Å². The fourth-order valence-corrected chi connectivity index (χ4v) is 3.03. The van der Waals surface area contributed by atoms with Gasteiger partial charge in [-0.25, -0.2) is 0 Å². The molecule has 0 spiro atoms. The van der Waals surface area contributed by atoms with E-state index in [9.17, 15) is 20.2 Å². The molecule has 2 aromatic carbocycles. The van der Waals surface area contributed by atoms with Crippen molar-refractivity contribution in [1.29, 1.82) is 0 Å². The molecule has 8 nitrogen and oxygen atoms in total. The highest BCUT2D eigenvalue weighted by molar-refractivity contribution is 7.76. The van der Waals surface area contributed by atoms with Gasteiger partial charge in [0.15, 0.2) is 0 Å². The summed E-state index contributed by atoms with van der Waals surface area (Å²) in [5.41, 5.74) is 1.90. The average Bonchev–Trinajstić information content (AvgIpc) is 2.62. The molecule has 26 heavy (non-hydrogen) atoms. The molecule has 0 N–H and O–H groups in total. The minimum atomic E-state index is -1.55. The first kappa shape index (κ1) is 20.2. The van der Waals surface area contributed by atoms with Gasteiger partial charge in [0, 0.05) is 24.3 Å². The quantitative estimate of drug-likeness (QED) is 0.324. The average molecular weight is 399 g/mol. The van der Waals surface area contributed by atoms with E-state index >= 15 is 0 Å². The molecule has 0 saturated heterocycles. The molecule has 2 rings (SSSR count). The summed E-state index contributed by atoms with van der Waals surface area (Å²) in [7, 11) is -1.55. The molecule has 0 aliphatic heterocycles. The molecule has 0 aliphatic rings. The van der Waals surface area contributed by atoms with E-state index in [1.54, 1.807) is 24.3 Å². The van der Waals surface area contributed by atoms with Crippen molar-refractivity contribution in [3.8, 4) is 0 Å². The topological polar surface area (TPSA) is 105 Å². The zero-order chi connectivity index (χ0) is 18.9. The van der Waals surface area contributed by atoms with Crippen LogP contribution >= 0.6 is 19.0 Å². The lowest BCUT2D eigenvalue weighted by Crippen LogP contribution is -1.98. The predicted molar refractivity (Wildman–Crippen MR) is 98.3 cm³/mol. The van der Waals surface area contributed by atoms with Gasteiger partial charge >= 0.3 is 0 Å². The fraction of sp³-hybridized carbons (Fsp3) is 0.250. The van der Waals surface area contributed by atoms with Crippen molar-refractivity contribution >= 4 is 30.3 Å². The summed E-state index contributed by atoms with van der Waals surface area (Å²) in [5, 5.41) is 21.2. The molecular formula is C16H16ClN2O6P. The van der Waals surface area contributed by atoms with E-state index in [0.717, 1.165) is 11.1 Å². The SMILES string of the molecule is O=[N+]([O-])c1ccc(CCOP(Cl)OCCc2ccc([N+](=O)[O-])cc2)cc1. The van der Waals surface area contributed by atoms with Gasteiger partial charge in [0.1, 0.15) is 0 Å². The number of nitrogens with zero attached hydrogens (tertiary/aromatic N) is 2. The maximum atomic E-state index is 10.6. The minimum Gasteiger partial charge on any atom is -0.322 e. The first-order valence-corrected chi connectivity index (χ1v) is 9.72. The van der Waals surface area contributed by atoms with E-state index in [2.05, 4.69) is 0 Å². The minimum absolute atomic E-state index is 0.0452. The van der Waals surface area contributed by atoms with Gasteiger partial charge in [0.05, 0.1) is 23.1 Å². The number of rotatable bonds is 10.